The normalized spacial score (nSPS) is 10.4. The van der Waals surface area contributed by atoms with E-state index in [1.807, 2.05) is 0 Å². The zero-order chi connectivity index (χ0) is 19.6. The van der Waals surface area contributed by atoms with E-state index in [-0.39, 0.29) is 22.7 Å². The van der Waals surface area contributed by atoms with E-state index in [0.717, 1.165) is 10.8 Å². The van der Waals surface area contributed by atoms with E-state index in [0.29, 0.717) is 5.56 Å². The number of carbonyl (C=O) groups is 2. The smallest absolute Gasteiger partial charge is 0.326 e. The molecule has 0 saturated carbocycles. The summed E-state index contributed by atoms with van der Waals surface area (Å²) in [6, 6.07) is 12.6. The van der Waals surface area contributed by atoms with Crippen LogP contribution in [0.2, 0.25) is 0 Å². The highest BCUT2D eigenvalue weighted by molar-refractivity contribution is 6.09. The fraction of sp³-hybridized carbons (Fsp3) is 0.0526. The third-order valence-corrected chi connectivity index (χ3v) is 4.06. The molecule has 0 radical (unpaired) electrons. The summed E-state index contributed by atoms with van der Waals surface area (Å²) in [4.78, 5) is 34.5. The summed E-state index contributed by atoms with van der Waals surface area (Å²) < 4.78 is 0. The Bertz CT molecular complexity index is 1080. The van der Waals surface area contributed by atoms with Gasteiger partial charge in [0.1, 0.15) is 5.75 Å². The molecule has 3 rings (SSSR count). The van der Waals surface area contributed by atoms with Crippen molar-refractivity contribution in [3.05, 3.63) is 75.8 Å². The Hall–Kier alpha value is -3.94. The van der Waals surface area contributed by atoms with E-state index in [9.17, 15) is 24.8 Å². The van der Waals surface area contributed by atoms with Crippen molar-refractivity contribution in [3.63, 3.8) is 0 Å². The molecule has 0 spiro atoms. The number of rotatable bonds is 3. The molecule has 3 aromatic carbocycles. The van der Waals surface area contributed by atoms with Gasteiger partial charge in [0.05, 0.1) is 4.92 Å². The number of non-ortho nitro benzene ring substituents is 1. The Kier molecular flexibility index (Phi) is 4.71. The summed E-state index contributed by atoms with van der Waals surface area (Å²) >= 11 is 0. The van der Waals surface area contributed by atoms with Gasteiger partial charge in [0.2, 0.25) is 0 Å². The minimum Gasteiger partial charge on any atom is -0.508 e. The van der Waals surface area contributed by atoms with E-state index >= 15 is 0 Å². The average molecular weight is 365 g/mol. The molecule has 136 valence electrons. The van der Waals surface area contributed by atoms with Crippen molar-refractivity contribution in [1.82, 2.24) is 5.32 Å². The lowest BCUT2D eigenvalue weighted by Gasteiger charge is -2.09. The lowest BCUT2D eigenvalue weighted by molar-refractivity contribution is -0.384. The quantitative estimate of drug-likeness (QED) is 0.482. The minimum atomic E-state index is -0.803. The maximum absolute atomic E-state index is 12.3. The zero-order valence-corrected chi connectivity index (χ0v) is 14.2. The van der Waals surface area contributed by atoms with Crippen LogP contribution < -0.4 is 10.6 Å². The van der Waals surface area contributed by atoms with E-state index in [4.69, 9.17) is 0 Å². The highest BCUT2D eigenvalue weighted by Gasteiger charge is 2.13. The molecule has 0 fully saturated rings. The van der Waals surface area contributed by atoms with Crippen molar-refractivity contribution in [2.75, 3.05) is 5.32 Å². The van der Waals surface area contributed by atoms with Gasteiger partial charge in [0.15, 0.2) is 0 Å². The number of nitro benzene ring substituents is 1. The van der Waals surface area contributed by atoms with Crippen LogP contribution in [0.4, 0.5) is 16.2 Å². The Balaban J connectivity index is 1.74. The molecule has 8 nitrogen and oxygen atoms in total. The van der Waals surface area contributed by atoms with Gasteiger partial charge in [0.25, 0.3) is 11.6 Å². The molecule has 27 heavy (non-hydrogen) atoms. The second-order valence-electron chi connectivity index (χ2n) is 5.86. The van der Waals surface area contributed by atoms with Gasteiger partial charge in [-0.25, -0.2) is 4.79 Å². The first-order valence-corrected chi connectivity index (χ1v) is 7.94. The highest BCUT2D eigenvalue weighted by atomic mass is 16.6. The molecule has 0 aliphatic heterocycles. The number of nitro groups is 1. The van der Waals surface area contributed by atoms with Crippen LogP contribution in [0.5, 0.6) is 5.75 Å². The molecular weight excluding hydrogens is 350 g/mol. The summed E-state index contributed by atoms with van der Waals surface area (Å²) in [5, 5.41) is 26.6. The third-order valence-electron chi connectivity index (χ3n) is 4.06. The summed E-state index contributed by atoms with van der Waals surface area (Å²) in [6.07, 6.45) is 0. The number of aromatic hydroxyl groups is 1. The number of phenols is 1. The van der Waals surface area contributed by atoms with Crippen LogP contribution >= 0.6 is 0 Å². The maximum Gasteiger partial charge on any atom is 0.326 e. The topological polar surface area (TPSA) is 122 Å². The molecule has 0 heterocycles. The first kappa shape index (κ1) is 17.9. The maximum atomic E-state index is 12.3. The van der Waals surface area contributed by atoms with Gasteiger partial charge >= 0.3 is 6.03 Å². The number of nitrogens with zero attached hydrogens (tertiary/aromatic N) is 1. The summed E-state index contributed by atoms with van der Waals surface area (Å²) in [7, 11) is 0. The largest absolute Gasteiger partial charge is 0.508 e. The number of imide groups is 1. The molecular formula is C19H15N3O5. The van der Waals surface area contributed by atoms with Gasteiger partial charge in [-0.3, -0.25) is 20.2 Å². The number of aryl methyl sites for hydroxylation is 1. The third kappa shape index (κ3) is 3.84. The van der Waals surface area contributed by atoms with Crippen LogP contribution in [0.15, 0.2) is 54.6 Å². The van der Waals surface area contributed by atoms with E-state index in [2.05, 4.69) is 10.6 Å². The second kappa shape index (κ2) is 7.12. The molecule has 0 aromatic heterocycles. The fourth-order valence-corrected chi connectivity index (χ4v) is 2.65. The van der Waals surface area contributed by atoms with Crippen molar-refractivity contribution in [2.24, 2.45) is 0 Å². The van der Waals surface area contributed by atoms with Crippen LogP contribution in [0.3, 0.4) is 0 Å². The lowest BCUT2D eigenvalue weighted by atomic mass is 10.0. The van der Waals surface area contributed by atoms with Crippen molar-refractivity contribution in [3.8, 4) is 5.75 Å². The number of carbonyl (C=O) groups excluding carboxylic acids is 2. The molecule has 8 heteroatoms. The standard InChI is InChI=1S/C19H15N3O5/c1-11-16-7-5-13(9-12(16)6-8-17(11)23)18(24)21-19(25)20-14-3-2-4-15(10-14)22(26)27/h2-10,23H,1H3,(H2,20,21,24,25). The summed E-state index contributed by atoms with van der Waals surface area (Å²) in [6.45, 7) is 1.77. The molecule has 0 aliphatic carbocycles. The molecule has 0 aliphatic rings. The Morgan fingerprint density at radius 1 is 1.07 bits per heavy atom. The number of hydrogen-bond donors (Lipinski definition) is 3. The first-order chi connectivity index (χ1) is 12.8. The number of fused-ring (bicyclic) bond motifs is 1. The van der Waals surface area contributed by atoms with Crippen LogP contribution in [-0.2, 0) is 0 Å². The number of hydrogen-bond acceptors (Lipinski definition) is 5. The molecule has 0 unspecified atom stereocenters. The van der Waals surface area contributed by atoms with Crippen LogP contribution in [0.25, 0.3) is 10.8 Å². The number of anilines is 1. The Morgan fingerprint density at radius 2 is 1.85 bits per heavy atom. The van der Waals surface area contributed by atoms with E-state index < -0.39 is 16.9 Å². The van der Waals surface area contributed by atoms with Gasteiger partial charge in [-0.2, -0.15) is 0 Å². The van der Waals surface area contributed by atoms with Crippen LogP contribution in [0.1, 0.15) is 15.9 Å². The predicted molar refractivity (Wildman–Crippen MR) is 99.9 cm³/mol. The second-order valence-corrected chi connectivity index (χ2v) is 5.86. The molecule has 3 aromatic rings. The lowest BCUT2D eigenvalue weighted by Crippen LogP contribution is -2.34. The number of amides is 3. The van der Waals surface area contributed by atoms with Crippen molar-refractivity contribution in [1.29, 1.82) is 0 Å². The zero-order valence-electron chi connectivity index (χ0n) is 14.2. The average Bonchev–Trinajstić information content (AvgIpc) is 2.64. The Morgan fingerprint density at radius 3 is 2.59 bits per heavy atom. The predicted octanol–water partition coefficient (Wildman–Crippen LogP) is 3.72. The van der Waals surface area contributed by atoms with Gasteiger partial charge in [0, 0.05) is 23.4 Å². The minimum absolute atomic E-state index is 0.163. The van der Waals surface area contributed by atoms with Gasteiger partial charge in [-0.1, -0.05) is 18.2 Å². The molecule has 3 N–H and O–H groups in total. The summed E-state index contributed by atoms with van der Waals surface area (Å²) in [5.74, 6) is -0.457. The van der Waals surface area contributed by atoms with Crippen LogP contribution in [0, 0.1) is 17.0 Å². The van der Waals surface area contributed by atoms with E-state index in [1.165, 1.54) is 30.3 Å². The van der Waals surface area contributed by atoms with Gasteiger partial charge < -0.3 is 10.4 Å². The van der Waals surface area contributed by atoms with Crippen molar-refractivity contribution < 1.29 is 19.6 Å². The van der Waals surface area contributed by atoms with Gasteiger partial charge in [-0.15, -0.1) is 0 Å². The molecule has 0 saturated heterocycles. The molecule has 0 atom stereocenters. The highest BCUT2D eigenvalue weighted by Crippen LogP contribution is 2.26. The monoisotopic (exact) mass is 365 g/mol. The molecule has 3 amide bonds. The fourth-order valence-electron chi connectivity index (χ4n) is 2.65. The number of urea groups is 1. The van der Waals surface area contributed by atoms with E-state index in [1.54, 1.807) is 31.2 Å². The Labute approximate surface area is 153 Å². The number of nitrogens with one attached hydrogen (secondary N) is 2. The SMILES string of the molecule is Cc1c(O)ccc2cc(C(=O)NC(=O)Nc3cccc([N+](=O)[O-])c3)ccc12. The van der Waals surface area contributed by atoms with Crippen LogP contribution in [-0.4, -0.2) is 22.0 Å². The first-order valence-electron chi connectivity index (χ1n) is 7.94. The molecule has 0 bridgehead atoms. The summed E-state index contributed by atoms with van der Waals surface area (Å²) in [5.41, 5.74) is 0.982. The van der Waals surface area contributed by atoms with Crippen molar-refractivity contribution in [2.45, 2.75) is 6.92 Å². The van der Waals surface area contributed by atoms with Crippen molar-refractivity contribution >= 4 is 34.1 Å². The number of benzene rings is 3. The number of phenolic OH excluding ortho intramolecular Hbond substituents is 1. The van der Waals surface area contributed by atoms with Gasteiger partial charge in [-0.05, 0) is 47.5 Å².